The highest BCUT2D eigenvalue weighted by Crippen LogP contribution is 1.98. The van der Waals surface area contributed by atoms with E-state index in [-0.39, 0.29) is 0 Å². The van der Waals surface area contributed by atoms with E-state index in [0.29, 0.717) is 5.88 Å². The Morgan fingerprint density at radius 1 is 1.17 bits per heavy atom. The van der Waals surface area contributed by atoms with Gasteiger partial charge in [0.05, 0.1) is 7.11 Å². The lowest BCUT2D eigenvalue weighted by Gasteiger charge is -1.99. The van der Waals surface area contributed by atoms with Gasteiger partial charge in [-0.25, -0.2) is 4.99 Å². The first-order valence-electron chi connectivity index (χ1n) is 4.02. The van der Waals surface area contributed by atoms with Crippen LogP contribution in [0.1, 0.15) is 27.7 Å². The van der Waals surface area contributed by atoms with Gasteiger partial charge in [-0.2, -0.15) is 0 Å². The summed E-state index contributed by atoms with van der Waals surface area (Å²) in [4.78, 5) is 4.00. The normalized spacial score (nSPS) is 9.58. The molecule has 0 rings (SSSR count). The van der Waals surface area contributed by atoms with Crippen molar-refractivity contribution >= 4 is 5.71 Å². The smallest absolute Gasteiger partial charge is 0.205 e. The average molecular weight is 169 g/mol. The van der Waals surface area contributed by atoms with Crippen molar-refractivity contribution in [1.82, 2.24) is 0 Å². The summed E-state index contributed by atoms with van der Waals surface area (Å²) in [6, 6.07) is 0. The van der Waals surface area contributed by atoms with Crippen LogP contribution < -0.4 is 0 Å². The predicted octanol–water partition coefficient (Wildman–Crippen LogP) is 3.17. The van der Waals surface area contributed by atoms with Crippen molar-refractivity contribution in [2.75, 3.05) is 7.11 Å². The first kappa shape index (κ1) is 13.5. The Bertz CT molecular complexity index is 180. The molecule has 70 valence electrons. The van der Waals surface area contributed by atoms with Crippen LogP contribution in [0.2, 0.25) is 0 Å². The van der Waals surface area contributed by atoms with Crippen LogP contribution in [0.3, 0.4) is 0 Å². The second-order valence-corrected chi connectivity index (χ2v) is 2.08. The molecule has 0 aliphatic heterocycles. The van der Waals surface area contributed by atoms with Crippen LogP contribution in [0.5, 0.6) is 0 Å². The number of allylic oxidation sites excluding steroid dienone is 1. The Morgan fingerprint density at radius 2 is 1.58 bits per heavy atom. The van der Waals surface area contributed by atoms with E-state index in [1.54, 1.807) is 0 Å². The average Bonchev–Trinajstić information content (AvgIpc) is 2.07. The Hall–Kier alpha value is -1.05. The Morgan fingerprint density at radius 3 is 1.83 bits per heavy atom. The molecule has 0 aliphatic rings. The van der Waals surface area contributed by atoms with Gasteiger partial charge >= 0.3 is 0 Å². The fourth-order valence-corrected chi connectivity index (χ4v) is 0.328. The summed E-state index contributed by atoms with van der Waals surface area (Å²) >= 11 is 0. The van der Waals surface area contributed by atoms with E-state index >= 15 is 0 Å². The van der Waals surface area contributed by atoms with E-state index in [1.165, 1.54) is 7.11 Å². The lowest BCUT2D eigenvalue weighted by molar-refractivity contribution is 0.290. The van der Waals surface area contributed by atoms with E-state index in [4.69, 9.17) is 4.74 Å². The molecule has 0 aromatic rings. The van der Waals surface area contributed by atoms with Crippen LogP contribution >= 0.6 is 0 Å². The number of rotatable bonds is 3. The van der Waals surface area contributed by atoms with Gasteiger partial charge in [0.2, 0.25) is 5.88 Å². The number of aliphatic imine (C=N–C) groups is 1. The van der Waals surface area contributed by atoms with E-state index in [9.17, 15) is 0 Å². The van der Waals surface area contributed by atoms with Gasteiger partial charge in [-0.15, -0.1) is 0 Å². The zero-order valence-electron chi connectivity index (χ0n) is 8.77. The van der Waals surface area contributed by atoms with Crippen LogP contribution in [0, 0.1) is 0 Å². The van der Waals surface area contributed by atoms with Gasteiger partial charge in [-0.1, -0.05) is 20.4 Å². The SMILES string of the molecule is C=C(/N=C(/C)C(=C)C)OC.CC. The maximum absolute atomic E-state index is 4.75. The molecule has 0 saturated carbocycles. The fourth-order valence-electron chi connectivity index (χ4n) is 0.328. The zero-order valence-corrected chi connectivity index (χ0v) is 8.77. The molecular formula is C10H19NO. The van der Waals surface area contributed by atoms with Gasteiger partial charge in [0.1, 0.15) is 0 Å². The number of ether oxygens (including phenoxy) is 1. The molecule has 0 aromatic carbocycles. The third kappa shape index (κ3) is 7.06. The second-order valence-electron chi connectivity index (χ2n) is 2.08. The van der Waals surface area contributed by atoms with Crippen LogP contribution in [0.15, 0.2) is 29.6 Å². The fraction of sp³-hybridized carbons (Fsp3) is 0.500. The zero-order chi connectivity index (χ0) is 10.1. The van der Waals surface area contributed by atoms with Crippen molar-refractivity contribution in [2.24, 2.45) is 4.99 Å². The number of methoxy groups -OCH3 is 1. The molecule has 0 radical (unpaired) electrons. The largest absolute Gasteiger partial charge is 0.481 e. The van der Waals surface area contributed by atoms with E-state index in [0.717, 1.165) is 11.3 Å². The standard InChI is InChI=1S/C8H13NO.C2H6/c1-6(2)7(3)9-8(4)10-5;1-2/h1,4H2,2-3,5H3;1-2H3/b9-7-;. The van der Waals surface area contributed by atoms with Gasteiger partial charge in [-0.3, -0.25) is 0 Å². The Labute approximate surface area is 75.7 Å². The summed E-state index contributed by atoms with van der Waals surface area (Å²) in [6.07, 6.45) is 0. The molecule has 0 atom stereocenters. The lowest BCUT2D eigenvalue weighted by Crippen LogP contribution is -1.93. The lowest BCUT2D eigenvalue weighted by atomic mass is 10.2. The number of hydrogen-bond donors (Lipinski definition) is 0. The third-order valence-corrected chi connectivity index (χ3v) is 1.15. The highest BCUT2D eigenvalue weighted by molar-refractivity contribution is 5.97. The molecule has 0 spiro atoms. The molecule has 0 aliphatic carbocycles. The van der Waals surface area contributed by atoms with Crippen molar-refractivity contribution in [2.45, 2.75) is 27.7 Å². The summed E-state index contributed by atoms with van der Waals surface area (Å²) in [6.45, 7) is 15.0. The molecule has 2 nitrogen and oxygen atoms in total. The molecule has 2 heteroatoms. The highest BCUT2D eigenvalue weighted by Gasteiger charge is 1.91. The Kier molecular flexibility index (Phi) is 9.08. The van der Waals surface area contributed by atoms with Gasteiger partial charge in [-0.05, 0) is 26.0 Å². The maximum Gasteiger partial charge on any atom is 0.205 e. The molecule has 0 N–H and O–H groups in total. The summed E-state index contributed by atoms with van der Waals surface area (Å²) in [5.74, 6) is 0.417. The van der Waals surface area contributed by atoms with E-state index < -0.39 is 0 Å². The van der Waals surface area contributed by atoms with Crippen molar-refractivity contribution in [1.29, 1.82) is 0 Å². The summed E-state index contributed by atoms with van der Waals surface area (Å²) < 4.78 is 4.75. The van der Waals surface area contributed by atoms with Gasteiger partial charge in [0.25, 0.3) is 0 Å². The molecule has 0 unspecified atom stereocenters. The molecule has 0 bridgehead atoms. The third-order valence-electron chi connectivity index (χ3n) is 1.15. The van der Waals surface area contributed by atoms with Gasteiger partial charge < -0.3 is 4.74 Å². The van der Waals surface area contributed by atoms with Crippen molar-refractivity contribution in [3.63, 3.8) is 0 Å². The molecule has 0 amide bonds. The van der Waals surface area contributed by atoms with Crippen molar-refractivity contribution in [3.05, 3.63) is 24.6 Å². The predicted molar refractivity (Wildman–Crippen MR) is 55.4 cm³/mol. The Balaban J connectivity index is 0. The molecule has 0 aromatic heterocycles. The highest BCUT2D eigenvalue weighted by atomic mass is 16.5. The first-order valence-corrected chi connectivity index (χ1v) is 4.02. The van der Waals surface area contributed by atoms with Crippen molar-refractivity contribution in [3.8, 4) is 0 Å². The monoisotopic (exact) mass is 169 g/mol. The van der Waals surface area contributed by atoms with Crippen LogP contribution in [-0.2, 0) is 4.74 Å². The minimum Gasteiger partial charge on any atom is -0.481 e. The first-order chi connectivity index (χ1) is 5.57. The van der Waals surface area contributed by atoms with E-state index in [1.807, 2.05) is 27.7 Å². The minimum atomic E-state index is 0.417. The summed E-state index contributed by atoms with van der Waals surface area (Å²) in [7, 11) is 1.54. The van der Waals surface area contributed by atoms with Crippen molar-refractivity contribution < 1.29 is 4.74 Å². The topological polar surface area (TPSA) is 21.6 Å². The van der Waals surface area contributed by atoms with E-state index in [2.05, 4.69) is 18.2 Å². The molecule has 0 heterocycles. The molecular weight excluding hydrogens is 150 g/mol. The van der Waals surface area contributed by atoms with Gasteiger partial charge in [0, 0.05) is 5.71 Å². The minimum absolute atomic E-state index is 0.417. The number of hydrogen-bond acceptors (Lipinski definition) is 2. The summed E-state index contributed by atoms with van der Waals surface area (Å²) in [5.41, 5.74) is 1.78. The van der Waals surface area contributed by atoms with Crippen LogP contribution in [0.4, 0.5) is 0 Å². The molecule has 0 saturated heterocycles. The molecule has 12 heavy (non-hydrogen) atoms. The van der Waals surface area contributed by atoms with Crippen LogP contribution in [0.25, 0.3) is 0 Å². The maximum atomic E-state index is 4.75. The second kappa shape index (κ2) is 8.05. The quantitative estimate of drug-likeness (QED) is 0.469. The van der Waals surface area contributed by atoms with Gasteiger partial charge in [0.15, 0.2) is 0 Å². The summed E-state index contributed by atoms with van der Waals surface area (Å²) in [5, 5.41) is 0. The number of nitrogens with zero attached hydrogens (tertiary/aromatic N) is 1. The molecule has 0 fully saturated rings. The van der Waals surface area contributed by atoms with Crippen LogP contribution in [-0.4, -0.2) is 12.8 Å².